The molecule has 2 rings (SSSR count). The number of hydrogen-bond acceptors (Lipinski definition) is 4. The lowest BCUT2D eigenvalue weighted by Gasteiger charge is -2.18. The normalized spacial score (nSPS) is 11.5. The monoisotopic (exact) mass is 339 g/mol. The molecule has 0 spiro atoms. The number of nitro groups is 1. The molecule has 0 heterocycles. The van der Waals surface area contributed by atoms with Gasteiger partial charge in [0.1, 0.15) is 0 Å². The van der Waals surface area contributed by atoms with Gasteiger partial charge in [-0.05, 0) is 16.5 Å². The standard InChI is InChI=1S/C19H21N3O3/c1-19(2,3)16-10-8-14(9-11-16)13-20-21-18(23)12-15-6-4-5-7-17(15)22(24)25/h4-11,13H,12H2,1-3H3,(H,21,23)/b20-13+. The molecule has 0 radical (unpaired) electrons. The Morgan fingerprint density at radius 3 is 2.40 bits per heavy atom. The minimum absolute atomic E-state index is 0.0700. The Hall–Kier alpha value is -3.02. The zero-order valence-electron chi connectivity index (χ0n) is 14.5. The first-order valence-corrected chi connectivity index (χ1v) is 7.92. The molecule has 0 saturated heterocycles. The van der Waals surface area contributed by atoms with Crippen LogP contribution in [-0.2, 0) is 16.6 Å². The third-order valence-corrected chi connectivity index (χ3v) is 3.72. The van der Waals surface area contributed by atoms with Crippen molar-refractivity contribution in [2.24, 2.45) is 5.10 Å². The molecule has 0 aromatic heterocycles. The molecule has 0 aliphatic rings. The van der Waals surface area contributed by atoms with Crippen LogP contribution in [0.4, 0.5) is 5.69 Å². The van der Waals surface area contributed by atoms with E-state index in [1.807, 2.05) is 24.3 Å². The molecule has 6 heteroatoms. The molecule has 0 bridgehead atoms. The summed E-state index contributed by atoms with van der Waals surface area (Å²) in [4.78, 5) is 22.4. The van der Waals surface area contributed by atoms with Gasteiger partial charge < -0.3 is 0 Å². The van der Waals surface area contributed by atoms with Crippen molar-refractivity contribution in [1.82, 2.24) is 5.43 Å². The maximum Gasteiger partial charge on any atom is 0.273 e. The maximum atomic E-state index is 11.9. The van der Waals surface area contributed by atoms with Crippen molar-refractivity contribution in [2.45, 2.75) is 32.6 Å². The van der Waals surface area contributed by atoms with E-state index in [9.17, 15) is 14.9 Å². The van der Waals surface area contributed by atoms with Crippen LogP contribution in [0.15, 0.2) is 53.6 Å². The van der Waals surface area contributed by atoms with Crippen LogP contribution in [0.25, 0.3) is 0 Å². The molecule has 6 nitrogen and oxygen atoms in total. The molecule has 0 fully saturated rings. The lowest BCUT2D eigenvalue weighted by atomic mass is 9.87. The fourth-order valence-electron chi connectivity index (χ4n) is 2.30. The molecule has 0 aliphatic carbocycles. The fourth-order valence-corrected chi connectivity index (χ4v) is 2.30. The second-order valence-electron chi connectivity index (χ2n) is 6.73. The van der Waals surface area contributed by atoms with Crippen LogP contribution in [0.2, 0.25) is 0 Å². The summed E-state index contributed by atoms with van der Waals surface area (Å²) in [7, 11) is 0. The number of nitro benzene ring substituents is 1. The van der Waals surface area contributed by atoms with Crippen molar-refractivity contribution in [3.8, 4) is 0 Å². The van der Waals surface area contributed by atoms with Gasteiger partial charge in [0.25, 0.3) is 5.69 Å². The van der Waals surface area contributed by atoms with Crippen LogP contribution >= 0.6 is 0 Å². The number of hydrazone groups is 1. The van der Waals surface area contributed by atoms with Crippen LogP contribution < -0.4 is 5.43 Å². The van der Waals surface area contributed by atoms with Crippen molar-refractivity contribution < 1.29 is 9.72 Å². The highest BCUT2D eigenvalue weighted by Crippen LogP contribution is 2.21. The average molecular weight is 339 g/mol. The lowest BCUT2D eigenvalue weighted by Crippen LogP contribution is -2.20. The van der Waals surface area contributed by atoms with Crippen LogP contribution in [-0.4, -0.2) is 17.0 Å². The molecule has 0 aliphatic heterocycles. The van der Waals surface area contributed by atoms with Crippen LogP contribution in [0.5, 0.6) is 0 Å². The maximum absolute atomic E-state index is 11.9. The Labute approximate surface area is 146 Å². The van der Waals surface area contributed by atoms with Crippen LogP contribution in [0.3, 0.4) is 0 Å². The second-order valence-corrected chi connectivity index (χ2v) is 6.73. The fraction of sp³-hybridized carbons (Fsp3) is 0.263. The van der Waals surface area contributed by atoms with Crippen molar-refractivity contribution >= 4 is 17.8 Å². The predicted molar refractivity (Wildman–Crippen MR) is 97.7 cm³/mol. The van der Waals surface area contributed by atoms with Crippen molar-refractivity contribution in [3.63, 3.8) is 0 Å². The number of para-hydroxylation sites is 1. The van der Waals surface area contributed by atoms with Gasteiger partial charge in [0, 0.05) is 11.6 Å². The van der Waals surface area contributed by atoms with Crippen molar-refractivity contribution in [1.29, 1.82) is 0 Å². The quantitative estimate of drug-likeness (QED) is 0.513. The Bertz CT molecular complexity index is 790. The van der Waals surface area contributed by atoms with E-state index in [1.165, 1.54) is 11.6 Å². The first-order chi connectivity index (χ1) is 11.8. The van der Waals surface area contributed by atoms with Crippen molar-refractivity contribution in [2.75, 3.05) is 0 Å². The van der Waals surface area contributed by atoms with E-state index in [-0.39, 0.29) is 17.5 Å². The average Bonchev–Trinajstić information content (AvgIpc) is 2.55. The van der Waals surface area contributed by atoms with E-state index < -0.39 is 10.8 Å². The number of amides is 1. The Balaban J connectivity index is 1.96. The van der Waals surface area contributed by atoms with Gasteiger partial charge in [-0.1, -0.05) is 63.2 Å². The van der Waals surface area contributed by atoms with Crippen molar-refractivity contribution in [3.05, 3.63) is 75.3 Å². The molecule has 2 aromatic carbocycles. The topological polar surface area (TPSA) is 84.6 Å². The molecule has 0 unspecified atom stereocenters. The van der Waals surface area contributed by atoms with E-state index >= 15 is 0 Å². The first kappa shape index (κ1) is 18.3. The summed E-state index contributed by atoms with van der Waals surface area (Å²) in [6, 6.07) is 14.1. The summed E-state index contributed by atoms with van der Waals surface area (Å²) in [5.41, 5.74) is 4.84. The number of hydrogen-bond donors (Lipinski definition) is 1. The highest BCUT2D eigenvalue weighted by atomic mass is 16.6. The van der Waals surface area contributed by atoms with Gasteiger partial charge >= 0.3 is 0 Å². The van der Waals surface area contributed by atoms with E-state index in [0.717, 1.165) is 5.56 Å². The molecular formula is C19H21N3O3. The summed E-state index contributed by atoms with van der Waals surface area (Å²) < 4.78 is 0. The predicted octanol–water partition coefficient (Wildman–Crippen LogP) is 3.59. The summed E-state index contributed by atoms with van der Waals surface area (Å²) in [6.45, 7) is 6.41. The molecular weight excluding hydrogens is 318 g/mol. The minimum Gasteiger partial charge on any atom is -0.273 e. The molecule has 1 N–H and O–H groups in total. The van der Waals surface area contributed by atoms with Gasteiger partial charge in [0.05, 0.1) is 17.6 Å². The molecule has 130 valence electrons. The molecule has 0 saturated carbocycles. The third kappa shape index (κ3) is 5.24. The van der Waals surface area contributed by atoms with Gasteiger partial charge in [-0.25, -0.2) is 5.43 Å². The minimum atomic E-state index is -0.497. The smallest absolute Gasteiger partial charge is 0.273 e. The number of nitrogens with zero attached hydrogens (tertiary/aromatic N) is 2. The Morgan fingerprint density at radius 2 is 1.80 bits per heavy atom. The van der Waals surface area contributed by atoms with E-state index in [1.54, 1.807) is 24.4 Å². The number of benzene rings is 2. The zero-order chi connectivity index (χ0) is 18.4. The van der Waals surface area contributed by atoms with E-state index in [2.05, 4.69) is 31.3 Å². The van der Waals surface area contributed by atoms with Crippen LogP contribution in [0, 0.1) is 10.1 Å². The zero-order valence-corrected chi connectivity index (χ0v) is 14.5. The highest BCUT2D eigenvalue weighted by molar-refractivity contribution is 5.83. The third-order valence-electron chi connectivity index (χ3n) is 3.72. The lowest BCUT2D eigenvalue weighted by molar-refractivity contribution is -0.385. The van der Waals surface area contributed by atoms with Gasteiger partial charge in [0.2, 0.25) is 5.91 Å². The summed E-state index contributed by atoms with van der Waals surface area (Å²) in [6.07, 6.45) is 1.45. The van der Waals surface area contributed by atoms with Crippen LogP contribution in [0.1, 0.15) is 37.5 Å². The number of rotatable bonds is 5. The number of nitrogens with one attached hydrogen (secondary N) is 1. The van der Waals surface area contributed by atoms with Gasteiger partial charge in [0.15, 0.2) is 0 Å². The van der Waals surface area contributed by atoms with Gasteiger partial charge in [-0.3, -0.25) is 14.9 Å². The van der Waals surface area contributed by atoms with Gasteiger partial charge in [-0.15, -0.1) is 0 Å². The summed E-state index contributed by atoms with van der Waals surface area (Å²) >= 11 is 0. The summed E-state index contributed by atoms with van der Waals surface area (Å²) in [5.74, 6) is -0.406. The summed E-state index contributed by atoms with van der Waals surface area (Å²) in [5, 5.41) is 14.9. The second kappa shape index (κ2) is 7.70. The molecule has 1 amide bonds. The SMILES string of the molecule is CC(C)(C)c1ccc(/C=N/NC(=O)Cc2ccccc2[N+](=O)[O-])cc1. The first-order valence-electron chi connectivity index (χ1n) is 7.92. The van der Waals surface area contributed by atoms with E-state index in [4.69, 9.17) is 0 Å². The highest BCUT2D eigenvalue weighted by Gasteiger charge is 2.15. The molecule has 25 heavy (non-hydrogen) atoms. The Morgan fingerprint density at radius 1 is 1.16 bits per heavy atom. The molecule has 2 aromatic rings. The largest absolute Gasteiger partial charge is 0.273 e. The Kier molecular flexibility index (Phi) is 5.64. The molecule has 0 atom stereocenters. The number of carbonyl (C=O) groups is 1. The van der Waals surface area contributed by atoms with Gasteiger partial charge in [-0.2, -0.15) is 5.10 Å². The number of carbonyl (C=O) groups excluding carboxylic acids is 1. The van der Waals surface area contributed by atoms with E-state index in [0.29, 0.717) is 5.56 Å².